The van der Waals surface area contributed by atoms with E-state index in [1.165, 1.54) is 5.56 Å². The predicted molar refractivity (Wildman–Crippen MR) is 91.3 cm³/mol. The summed E-state index contributed by atoms with van der Waals surface area (Å²) >= 11 is 3.62. The van der Waals surface area contributed by atoms with Gasteiger partial charge in [0.1, 0.15) is 0 Å². The van der Waals surface area contributed by atoms with Gasteiger partial charge in [-0.15, -0.1) is 0 Å². The van der Waals surface area contributed by atoms with Crippen LogP contribution in [0.2, 0.25) is 0 Å². The smallest absolute Gasteiger partial charge is 0.162 e. The third-order valence-corrected chi connectivity index (χ3v) is 3.61. The molecule has 21 heavy (non-hydrogen) atoms. The first kappa shape index (κ1) is 18.3. The van der Waals surface area contributed by atoms with E-state index in [4.69, 9.17) is 9.47 Å². The van der Waals surface area contributed by atoms with Crippen LogP contribution in [0.25, 0.3) is 0 Å². The Morgan fingerprint density at radius 3 is 2.57 bits per heavy atom. The molecule has 0 fully saturated rings. The first-order valence-electron chi connectivity index (χ1n) is 7.55. The molecule has 0 bridgehead atoms. The van der Waals surface area contributed by atoms with Gasteiger partial charge in [0.05, 0.1) is 12.7 Å². The highest BCUT2D eigenvalue weighted by Gasteiger charge is 2.12. The average molecular weight is 359 g/mol. The van der Waals surface area contributed by atoms with E-state index >= 15 is 0 Å². The van der Waals surface area contributed by atoms with E-state index in [1.807, 2.05) is 33.9 Å². The second-order valence-electron chi connectivity index (χ2n) is 5.12. The predicted octanol–water partition coefficient (Wildman–Crippen LogP) is 3.33. The second-order valence-corrected chi connectivity index (χ2v) is 5.98. The summed E-state index contributed by atoms with van der Waals surface area (Å²) in [6.07, 6.45) is 1.24. The summed E-state index contributed by atoms with van der Waals surface area (Å²) in [5.41, 5.74) is 1.18. The van der Waals surface area contributed by atoms with Gasteiger partial charge >= 0.3 is 0 Å². The van der Waals surface area contributed by atoms with Crippen LogP contribution in [0, 0.1) is 0 Å². The largest absolute Gasteiger partial charge is 0.490 e. The molecule has 0 aliphatic rings. The molecule has 0 spiro atoms. The molecule has 4 nitrogen and oxygen atoms in total. The Morgan fingerprint density at radius 1 is 1.19 bits per heavy atom. The number of benzene rings is 1. The number of nitrogens with one attached hydrogen (secondary N) is 2. The lowest BCUT2D eigenvalue weighted by Crippen LogP contribution is -2.19. The molecule has 0 saturated heterocycles. The SMILES string of the molecule is CCOc1cc(CNCCCNC)c(Br)cc1OC(C)C. The van der Waals surface area contributed by atoms with Gasteiger partial charge in [-0.3, -0.25) is 0 Å². The fourth-order valence-corrected chi connectivity index (χ4v) is 2.40. The number of rotatable bonds is 10. The zero-order chi connectivity index (χ0) is 15.7. The first-order chi connectivity index (χ1) is 10.1. The highest BCUT2D eigenvalue weighted by molar-refractivity contribution is 9.10. The summed E-state index contributed by atoms with van der Waals surface area (Å²) in [6.45, 7) is 9.47. The van der Waals surface area contributed by atoms with Crippen LogP contribution in [-0.4, -0.2) is 32.8 Å². The molecule has 0 atom stereocenters. The van der Waals surface area contributed by atoms with Gasteiger partial charge in [0.25, 0.3) is 0 Å². The Morgan fingerprint density at radius 2 is 1.95 bits per heavy atom. The molecule has 5 heteroatoms. The fourth-order valence-electron chi connectivity index (χ4n) is 1.94. The van der Waals surface area contributed by atoms with Gasteiger partial charge in [0.2, 0.25) is 0 Å². The van der Waals surface area contributed by atoms with Gasteiger partial charge in [-0.05, 0) is 65.0 Å². The van der Waals surface area contributed by atoms with Gasteiger partial charge in [0.15, 0.2) is 11.5 Å². The molecule has 120 valence electrons. The van der Waals surface area contributed by atoms with E-state index in [9.17, 15) is 0 Å². The Labute approximate surface area is 136 Å². The minimum Gasteiger partial charge on any atom is -0.490 e. The van der Waals surface area contributed by atoms with Gasteiger partial charge < -0.3 is 20.1 Å². The van der Waals surface area contributed by atoms with E-state index in [0.29, 0.717) is 6.61 Å². The molecule has 0 saturated carbocycles. The van der Waals surface area contributed by atoms with Crippen LogP contribution in [0.3, 0.4) is 0 Å². The quantitative estimate of drug-likeness (QED) is 0.629. The van der Waals surface area contributed by atoms with Gasteiger partial charge in [-0.2, -0.15) is 0 Å². The summed E-state index contributed by atoms with van der Waals surface area (Å²) in [7, 11) is 1.97. The highest BCUT2D eigenvalue weighted by Crippen LogP contribution is 2.34. The van der Waals surface area contributed by atoms with Crippen LogP contribution in [0.5, 0.6) is 11.5 Å². The van der Waals surface area contributed by atoms with Crippen LogP contribution in [0.15, 0.2) is 16.6 Å². The summed E-state index contributed by atoms with van der Waals surface area (Å²) in [4.78, 5) is 0. The Balaban J connectivity index is 2.73. The molecule has 0 radical (unpaired) electrons. The normalized spacial score (nSPS) is 11.0. The highest BCUT2D eigenvalue weighted by atomic mass is 79.9. The van der Waals surface area contributed by atoms with Crippen molar-refractivity contribution >= 4 is 15.9 Å². The maximum absolute atomic E-state index is 5.81. The molecule has 1 aromatic carbocycles. The van der Waals surface area contributed by atoms with E-state index in [-0.39, 0.29) is 6.10 Å². The molecule has 0 aromatic heterocycles. The summed E-state index contributed by atoms with van der Waals surface area (Å²) in [5.74, 6) is 1.60. The minimum atomic E-state index is 0.127. The lowest BCUT2D eigenvalue weighted by Gasteiger charge is -2.17. The second kappa shape index (κ2) is 10.0. The van der Waals surface area contributed by atoms with Crippen molar-refractivity contribution in [1.29, 1.82) is 0 Å². The van der Waals surface area contributed by atoms with Crippen molar-refractivity contribution in [2.45, 2.75) is 39.8 Å². The molecule has 0 unspecified atom stereocenters. The van der Waals surface area contributed by atoms with Crippen molar-refractivity contribution < 1.29 is 9.47 Å². The molecule has 2 N–H and O–H groups in total. The number of ether oxygens (including phenoxy) is 2. The average Bonchev–Trinajstić information content (AvgIpc) is 2.42. The molecular formula is C16H27BrN2O2. The summed E-state index contributed by atoms with van der Waals surface area (Å²) in [5, 5.41) is 6.58. The number of halogens is 1. The van der Waals surface area contributed by atoms with E-state index in [1.54, 1.807) is 0 Å². The number of hydrogen-bond acceptors (Lipinski definition) is 4. The standard InChI is InChI=1S/C16H27BrN2O2/c1-5-20-15-9-13(11-19-8-6-7-18-4)14(17)10-16(15)21-12(2)3/h9-10,12,18-19H,5-8,11H2,1-4H3. The molecule has 0 amide bonds. The molecular weight excluding hydrogens is 332 g/mol. The Bertz CT molecular complexity index is 425. The van der Waals surface area contributed by atoms with Gasteiger partial charge in [-0.25, -0.2) is 0 Å². The Hall–Kier alpha value is -0.780. The topological polar surface area (TPSA) is 42.5 Å². The molecule has 0 heterocycles. The van der Waals surface area contributed by atoms with Crippen molar-refractivity contribution in [3.05, 3.63) is 22.2 Å². The third-order valence-electron chi connectivity index (χ3n) is 2.87. The Kier molecular flexibility index (Phi) is 8.73. The zero-order valence-electron chi connectivity index (χ0n) is 13.5. The van der Waals surface area contributed by atoms with Crippen molar-refractivity contribution in [3.8, 4) is 11.5 Å². The maximum atomic E-state index is 5.81. The first-order valence-corrected chi connectivity index (χ1v) is 8.35. The summed E-state index contributed by atoms with van der Waals surface area (Å²) in [6, 6.07) is 4.05. The fraction of sp³-hybridized carbons (Fsp3) is 0.625. The van der Waals surface area contributed by atoms with E-state index in [0.717, 1.165) is 42.0 Å². The monoisotopic (exact) mass is 358 g/mol. The van der Waals surface area contributed by atoms with Crippen molar-refractivity contribution in [2.75, 3.05) is 26.7 Å². The third kappa shape index (κ3) is 6.68. The van der Waals surface area contributed by atoms with E-state index in [2.05, 4.69) is 32.6 Å². The van der Waals surface area contributed by atoms with Gasteiger partial charge in [-0.1, -0.05) is 15.9 Å². The summed E-state index contributed by atoms with van der Waals surface area (Å²) < 4.78 is 12.5. The molecule has 1 rings (SSSR count). The number of hydrogen-bond donors (Lipinski definition) is 2. The van der Waals surface area contributed by atoms with Crippen LogP contribution in [0.1, 0.15) is 32.8 Å². The lowest BCUT2D eigenvalue weighted by molar-refractivity contribution is 0.223. The molecule has 0 aliphatic heterocycles. The molecule has 1 aromatic rings. The minimum absolute atomic E-state index is 0.127. The lowest BCUT2D eigenvalue weighted by atomic mass is 10.2. The van der Waals surface area contributed by atoms with Crippen molar-refractivity contribution in [1.82, 2.24) is 10.6 Å². The van der Waals surface area contributed by atoms with Gasteiger partial charge in [0, 0.05) is 11.0 Å². The van der Waals surface area contributed by atoms with Crippen LogP contribution in [0.4, 0.5) is 0 Å². The van der Waals surface area contributed by atoms with Crippen molar-refractivity contribution in [3.63, 3.8) is 0 Å². The molecule has 0 aliphatic carbocycles. The maximum Gasteiger partial charge on any atom is 0.162 e. The van der Waals surface area contributed by atoms with Crippen LogP contribution in [-0.2, 0) is 6.54 Å². The van der Waals surface area contributed by atoms with Crippen LogP contribution < -0.4 is 20.1 Å². The van der Waals surface area contributed by atoms with Crippen LogP contribution >= 0.6 is 15.9 Å². The van der Waals surface area contributed by atoms with E-state index < -0.39 is 0 Å². The van der Waals surface area contributed by atoms with Crippen molar-refractivity contribution in [2.24, 2.45) is 0 Å². The zero-order valence-corrected chi connectivity index (χ0v) is 15.0.